The summed E-state index contributed by atoms with van der Waals surface area (Å²) >= 11 is 10.4. The second kappa shape index (κ2) is 21.2. The molecule has 0 fully saturated rings. The predicted molar refractivity (Wildman–Crippen MR) is 222 cm³/mol. The van der Waals surface area contributed by atoms with E-state index in [2.05, 4.69) is 10.6 Å². The minimum atomic E-state index is -0.602. The van der Waals surface area contributed by atoms with Gasteiger partial charge in [0.15, 0.2) is 5.78 Å². The molecule has 0 unspecified atom stereocenters. The predicted octanol–water partition coefficient (Wildman–Crippen LogP) is 10.7. The van der Waals surface area contributed by atoms with Gasteiger partial charge in [-0.2, -0.15) is 0 Å². The number of halogens is 2. The average Bonchev–Trinajstić information content (AvgIpc) is 3.17. The molecule has 6 rings (SSSR count). The van der Waals surface area contributed by atoms with E-state index in [-0.39, 0.29) is 30.2 Å². The van der Waals surface area contributed by atoms with E-state index < -0.39 is 10.5 Å². The van der Waals surface area contributed by atoms with Crippen LogP contribution in [0.2, 0.25) is 0 Å². The molecule has 0 saturated carbocycles. The van der Waals surface area contributed by atoms with E-state index in [1.54, 1.807) is 72.8 Å². The number of anilines is 4. The van der Waals surface area contributed by atoms with Gasteiger partial charge in [0.05, 0.1) is 0 Å². The van der Waals surface area contributed by atoms with E-state index >= 15 is 0 Å². The van der Waals surface area contributed by atoms with Crippen LogP contribution in [0.5, 0.6) is 23.0 Å². The first-order valence-electron chi connectivity index (χ1n) is 16.3. The highest BCUT2D eigenvalue weighted by molar-refractivity contribution is 6.69. The standard InChI is InChI=1S/C22H20N2O3.C12H12N2O.C8H4Cl2O2.CH4/c1-15(25)16-5-3-6-17(13-16)22(26)24-18-9-11-20(12-10-18)27-21-8-4-7-19(14-21)23-2;13-9-4-6-11(7-5-9)15-12-3-1-2-10(14)8-12;9-7(11)5-2-1-3-6(4-5)8(10)12;/h3-14,23H,1-2H3,(H,24,26);1-8H,13-14H2;1-4H;1H4. The Kier molecular flexibility index (Phi) is 16.5. The van der Waals surface area contributed by atoms with Crippen molar-refractivity contribution in [3.05, 3.63) is 168 Å². The molecule has 12 heteroatoms. The molecule has 55 heavy (non-hydrogen) atoms. The van der Waals surface area contributed by atoms with Crippen molar-refractivity contribution < 1.29 is 28.7 Å². The van der Waals surface area contributed by atoms with Crippen LogP contribution in [0.3, 0.4) is 0 Å². The number of ether oxygens (including phenoxy) is 2. The van der Waals surface area contributed by atoms with Gasteiger partial charge in [-0.3, -0.25) is 19.2 Å². The highest BCUT2D eigenvalue weighted by Crippen LogP contribution is 2.26. The summed E-state index contributed by atoms with van der Waals surface area (Å²) in [4.78, 5) is 45.1. The first-order valence-corrected chi connectivity index (χ1v) is 17.0. The van der Waals surface area contributed by atoms with Gasteiger partial charge in [0, 0.05) is 64.2 Å². The normalized spacial score (nSPS) is 9.75. The van der Waals surface area contributed by atoms with Crippen molar-refractivity contribution in [2.24, 2.45) is 0 Å². The van der Waals surface area contributed by atoms with Crippen LogP contribution < -0.4 is 31.6 Å². The Morgan fingerprint density at radius 1 is 0.509 bits per heavy atom. The molecule has 1 amide bonds. The molecule has 6 N–H and O–H groups in total. The summed E-state index contributed by atoms with van der Waals surface area (Å²) in [6.45, 7) is 1.47. The molecule has 0 aliphatic rings. The van der Waals surface area contributed by atoms with Crippen LogP contribution >= 0.6 is 23.2 Å². The Hall–Kier alpha value is -6.62. The summed E-state index contributed by atoms with van der Waals surface area (Å²) in [6.07, 6.45) is 0. The van der Waals surface area contributed by atoms with Gasteiger partial charge in [-0.15, -0.1) is 0 Å². The number of amides is 1. The summed E-state index contributed by atoms with van der Waals surface area (Å²) < 4.78 is 11.4. The van der Waals surface area contributed by atoms with Crippen molar-refractivity contribution in [3.63, 3.8) is 0 Å². The quantitative estimate of drug-likeness (QED) is 0.0602. The number of nitrogens with two attached hydrogens (primary N) is 2. The number of nitrogens with one attached hydrogen (secondary N) is 2. The van der Waals surface area contributed by atoms with Crippen LogP contribution in [0.4, 0.5) is 22.7 Å². The average molecular weight is 780 g/mol. The number of hydrogen-bond donors (Lipinski definition) is 4. The first-order chi connectivity index (χ1) is 25.9. The molecule has 6 aromatic rings. The number of ketones is 1. The van der Waals surface area contributed by atoms with Gasteiger partial charge in [-0.05, 0) is 121 Å². The second-order valence-corrected chi connectivity index (χ2v) is 12.1. The van der Waals surface area contributed by atoms with Crippen LogP contribution in [-0.4, -0.2) is 29.2 Å². The lowest BCUT2D eigenvalue weighted by molar-refractivity contribution is 0.101. The molecule has 282 valence electrons. The van der Waals surface area contributed by atoms with E-state index in [0.29, 0.717) is 28.3 Å². The minimum Gasteiger partial charge on any atom is -0.457 e. The molecule has 0 heterocycles. The van der Waals surface area contributed by atoms with E-state index in [0.717, 1.165) is 28.6 Å². The smallest absolute Gasteiger partial charge is 0.255 e. The lowest BCUT2D eigenvalue weighted by Crippen LogP contribution is -2.12. The van der Waals surface area contributed by atoms with Crippen LogP contribution in [0.1, 0.15) is 55.8 Å². The Balaban J connectivity index is 0.000000244. The fourth-order valence-corrected chi connectivity index (χ4v) is 4.79. The van der Waals surface area contributed by atoms with Crippen molar-refractivity contribution >= 4 is 68.1 Å². The highest BCUT2D eigenvalue weighted by Gasteiger charge is 2.09. The zero-order valence-corrected chi connectivity index (χ0v) is 30.7. The Morgan fingerprint density at radius 3 is 1.51 bits per heavy atom. The molecular formula is C43H40Cl2N4O6. The third-order valence-electron chi connectivity index (χ3n) is 7.29. The molecule has 0 spiro atoms. The topological polar surface area (TPSA) is 163 Å². The first kappa shape index (κ1) is 42.8. The number of carbonyl (C=O) groups is 4. The summed E-state index contributed by atoms with van der Waals surface area (Å²) in [5.74, 6) is 2.51. The van der Waals surface area contributed by atoms with Crippen LogP contribution in [-0.2, 0) is 0 Å². The molecule has 0 aliphatic heterocycles. The molecule has 0 radical (unpaired) electrons. The van der Waals surface area contributed by atoms with Gasteiger partial charge in [0.25, 0.3) is 16.4 Å². The molecule has 0 atom stereocenters. The lowest BCUT2D eigenvalue weighted by Gasteiger charge is -2.09. The summed E-state index contributed by atoms with van der Waals surface area (Å²) in [5.41, 5.74) is 15.7. The molecule has 0 aliphatic carbocycles. The summed E-state index contributed by atoms with van der Waals surface area (Å²) in [6, 6.07) is 41.8. The number of hydrogen-bond acceptors (Lipinski definition) is 9. The van der Waals surface area contributed by atoms with E-state index in [4.69, 9.17) is 44.1 Å². The van der Waals surface area contributed by atoms with Gasteiger partial charge in [-0.25, -0.2) is 0 Å². The third-order valence-corrected chi connectivity index (χ3v) is 7.73. The Labute approximate surface area is 330 Å². The van der Waals surface area contributed by atoms with Crippen molar-refractivity contribution in [2.75, 3.05) is 29.1 Å². The van der Waals surface area contributed by atoms with Crippen LogP contribution in [0.15, 0.2) is 146 Å². The molecule has 0 aromatic heterocycles. The molecule has 10 nitrogen and oxygen atoms in total. The summed E-state index contributed by atoms with van der Waals surface area (Å²) in [7, 11) is 1.85. The van der Waals surface area contributed by atoms with Gasteiger partial charge in [0.2, 0.25) is 0 Å². The number of Topliss-reactive ketones (excluding diaryl/α,β-unsaturated/α-hetero) is 1. The Morgan fingerprint density at radius 2 is 0.982 bits per heavy atom. The zero-order chi connectivity index (χ0) is 39.0. The number of nitrogen functional groups attached to an aromatic ring is 2. The maximum atomic E-state index is 12.4. The van der Waals surface area contributed by atoms with Gasteiger partial charge >= 0.3 is 0 Å². The minimum absolute atomic E-state index is 0. The fourth-order valence-electron chi connectivity index (χ4n) is 4.55. The third kappa shape index (κ3) is 14.0. The highest BCUT2D eigenvalue weighted by atomic mass is 35.5. The number of rotatable bonds is 10. The van der Waals surface area contributed by atoms with Crippen molar-refractivity contribution in [2.45, 2.75) is 14.4 Å². The number of benzene rings is 6. The lowest BCUT2D eigenvalue weighted by atomic mass is 10.1. The Bertz CT molecular complexity index is 2200. The zero-order valence-electron chi connectivity index (χ0n) is 29.2. The maximum Gasteiger partial charge on any atom is 0.255 e. The SMILES string of the molecule is C.CNc1cccc(Oc2ccc(NC(=O)c3cccc(C(C)=O)c3)cc2)c1.Nc1ccc(Oc2cccc(N)c2)cc1.O=C(Cl)c1cccc(C(=O)Cl)c1. The summed E-state index contributed by atoms with van der Waals surface area (Å²) in [5, 5.41) is 4.68. The van der Waals surface area contributed by atoms with Crippen molar-refractivity contribution in [3.8, 4) is 23.0 Å². The molecule has 0 saturated heterocycles. The van der Waals surface area contributed by atoms with Gasteiger partial charge < -0.3 is 31.6 Å². The van der Waals surface area contributed by atoms with Gasteiger partial charge in [-0.1, -0.05) is 49.9 Å². The fraction of sp³-hybridized carbons (Fsp3) is 0.0698. The van der Waals surface area contributed by atoms with Crippen molar-refractivity contribution in [1.29, 1.82) is 0 Å². The molecule has 0 bridgehead atoms. The maximum absolute atomic E-state index is 12.4. The van der Waals surface area contributed by atoms with Gasteiger partial charge in [0.1, 0.15) is 23.0 Å². The van der Waals surface area contributed by atoms with E-state index in [9.17, 15) is 19.2 Å². The van der Waals surface area contributed by atoms with E-state index in [1.807, 2.05) is 61.6 Å². The van der Waals surface area contributed by atoms with Crippen molar-refractivity contribution in [1.82, 2.24) is 0 Å². The second-order valence-electron chi connectivity index (χ2n) is 11.4. The monoisotopic (exact) mass is 778 g/mol. The molecule has 6 aromatic carbocycles. The van der Waals surface area contributed by atoms with Crippen LogP contribution in [0, 0.1) is 0 Å². The molecular weight excluding hydrogens is 739 g/mol. The largest absolute Gasteiger partial charge is 0.457 e. The van der Waals surface area contributed by atoms with Crippen LogP contribution in [0.25, 0.3) is 0 Å². The number of carbonyl (C=O) groups excluding carboxylic acids is 4. The van der Waals surface area contributed by atoms with E-state index in [1.165, 1.54) is 25.1 Å².